The van der Waals surface area contributed by atoms with Crippen molar-refractivity contribution < 1.29 is 9.15 Å². The van der Waals surface area contributed by atoms with Gasteiger partial charge in [-0.15, -0.1) is 5.10 Å². The Morgan fingerprint density at radius 3 is 2.60 bits per heavy atom. The largest absolute Gasteiger partial charge is 0.488 e. The number of nitrogens with one attached hydrogen (secondary N) is 2. The molecule has 35 heavy (non-hydrogen) atoms. The maximum Gasteiger partial charge on any atom is 0.259 e. The summed E-state index contributed by atoms with van der Waals surface area (Å²) in [5.74, 6) is 2.95. The van der Waals surface area contributed by atoms with Crippen molar-refractivity contribution in [1.29, 1.82) is 0 Å². The first-order chi connectivity index (χ1) is 17.2. The lowest BCUT2D eigenvalue weighted by Gasteiger charge is -2.36. The molecule has 12 heteroatoms. The van der Waals surface area contributed by atoms with Crippen LogP contribution in [0.5, 0.6) is 5.75 Å². The van der Waals surface area contributed by atoms with E-state index in [1.807, 2.05) is 0 Å². The fraction of sp³-hybridized carbons (Fsp3) is 0.391. The lowest BCUT2D eigenvalue weighted by molar-refractivity contribution is 0.142. The summed E-state index contributed by atoms with van der Waals surface area (Å²) < 4.78 is 12.7. The van der Waals surface area contributed by atoms with E-state index in [1.54, 1.807) is 18.4 Å². The van der Waals surface area contributed by atoms with Gasteiger partial charge in [-0.3, -0.25) is 4.90 Å². The van der Waals surface area contributed by atoms with Crippen molar-refractivity contribution in [3.63, 3.8) is 0 Å². The van der Waals surface area contributed by atoms with Crippen LogP contribution in [-0.4, -0.2) is 87.9 Å². The van der Waals surface area contributed by atoms with Gasteiger partial charge in [-0.05, 0) is 36.4 Å². The monoisotopic (exact) mass is 476 g/mol. The minimum atomic E-state index is 0.220. The fourth-order valence-electron chi connectivity index (χ4n) is 4.22. The molecule has 0 atom stereocenters. The van der Waals surface area contributed by atoms with Gasteiger partial charge < -0.3 is 30.4 Å². The molecule has 2 aliphatic rings. The molecule has 12 nitrogen and oxygen atoms in total. The number of fused-ring (bicyclic) bond motifs is 1. The first kappa shape index (κ1) is 21.6. The number of piperazine rings is 1. The Hall–Kier alpha value is -3.90. The van der Waals surface area contributed by atoms with E-state index in [-0.39, 0.29) is 5.95 Å². The minimum absolute atomic E-state index is 0.220. The molecule has 5 heterocycles. The van der Waals surface area contributed by atoms with Crippen LogP contribution in [0.2, 0.25) is 0 Å². The zero-order chi connectivity index (χ0) is 23.6. The van der Waals surface area contributed by atoms with E-state index in [0.29, 0.717) is 36.0 Å². The van der Waals surface area contributed by atoms with Crippen LogP contribution in [0, 0.1) is 0 Å². The Labute approximate surface area is 202 Å². The molecule has 0 bridgehead atoms. The Bertz CT molecular complexity index is 1260. The molecular formula is C23H28N10O2. The van der Waals surface area contributed by atoms with Gasteiger partial charge in [0.15, 0.2) is 5.76 Å². The number of hydrogen-bond acceptors (Lipinski definition) is 11. The molecule has 4 N–H and O–H groups in total. The third-order valence-corrected chi connectivity index (χ3v) is 6.31. The predicted octanol–water partition coefficient (Wildman–Crippen LogP) is 0.946. The average molecular weight is 477 g/mol. The van der Waals surface area contributed by atoms with Gasteiger partial charge in [-0.25, -0.2) is 0 Å². The van der Waals surface area contributed by atoms with E-state index in [1.165, 1.54) is 10.2 Å². The van der Waals surface area contributed by atoms with Crippen molar-refractivity contribution in [2.24, 2.45) is 0 Å². The third kappa shape index (κ3) is 4.70. The molecule has 0 aliphatic carbocycles. The van der Waals surface area contributed by atoms with Crippen molar-refractivity contribution >= 4 is 23.4 Å². The fourth-order valence-corrected chi connectivity index (χ4v) is 4.22. The molecular weight excluding hydrogens is 448 g/mol. The Morgan fingerprint density at radius 1 is 1.06 bits per heavy atom. The van der Waals surface area contributed by atoms with Crippen LogP contribution >= 0.6 is 0 Å². The number of anilines is 3. The lowest BCUT2D eigenvalue weighted by Crippen LogP contribution is -2.50. The highest BCUT2D eigenvalue weighted by atomic mass is 16.5. The van der Waals surface area contributed by atoms with Crippen molar-refractivity contribution in [2.75, 3.05) is 68.3 Å². The molecule has 0 unspecified atom stereocenters. The molecule has 182 valence electrons. The quantitative estimate of drug-likeness (QED) is 0.335. The number of ether oxygens (including phenoxy) is 1. The molecule has 2 fully saturated rings. The number of nitrogens with zero attached hydrogens (tertiary/aromatic N) is 7. The second-order valence-corrected chi connectivity index (χ2v) is 8.68. The maximum atomic E-state index is 6.06. The second kappa shape index (κ2) is 9.39. The predicted molar refractivity (Wildman–Crippen MR) is 132 cm³/mol. The molecule has 0 saturated carbocycles. The number of nitrogens with two attached hydrogens (primary N) is 1. The smallest absolute Gasteiger partial charge is 0.259 e. The molecule has 6 rings (SSSR count). The average Bonchev–Trinajstić information content (AvgIpc) is 3.53. The highest BCUT2D eigenvalue weighted by Crippen LogP contribution is 2.22. The van der Waals surface area contributed by atoms with Gasteiger partial charge in [-0.1, -0.05) is 0 Å². The van der Waals surface area contributed by atoms with Crippen LogP contribution in [0.4, 0.5) is 17.6 Å². The number of furan rings is 1. The van der Waals surface area contributed by atoms with E-state index >= 15 is 0 Å². The summed E-state index contributed by atoms with van der Waals surface area (Å²) in [4.78, 5) is 18.0. The lowest BCUT2D eigenvalue weighted by atomic mass is 10.2. The highest BCUT2D eigenvalue weighted by Gasteiger charge is 2.20. The van der Waals surface area contributed by atoms with Gasteiger partial charge >= 0.3 is 0 Å². The highest BCUT2D eigenvalue weighted by molar-refractivity contribution is 5.53. The van der Waals surface area contributed by atoms with Crippen LogP contribution in [-0.2, 0) is 0 Å². The number of nitrogen functional groups attached to an aromatic ring is 1. The summed E-state index contributed by atoms with van der Waals surface area (Å²) in [5, 5.41) is 10.8. The molecule has 0 spiro atoms. The molecule has 2 saturated heterocycles. The van der Waals surface area contributed by atoms with Crippen molar-refractivity contribution in [3.8, 4) is 17.3 Å². The van der Waals surface area contributed by atoms with Gasteiger partial charge in [0, 0.05) is 58.0 Å². The van der Waals surface area contributed by atoms with Crippen LogP contribution in [0.15, 0.2) is 47.1 Å². The summed E-state index contributed by atoms with van der Waals surface area (Å²) in [6.45, 7) is 7.40. The van der Waals surface area contributed by atoms with Crippen LogP contribution in [0.1, 0.15) is 0 Å². The van der Waals surface area contributed by atoms with Gasteiger partial charge in [0.05, 0.1) is 6.26 Å². The zero-order valence-electron chi connectivity index (χ0n) is 19.3. The SMILES string of the molecule is Nc1nc(NCCN2CCN(c3ccc(OC4CNC4)cc3)CC2)nc2nc(-c3ccco3)nn12. The zero-order valence-corrected chi connectivity index (χ0v) is 19.3. The number of benzene rings is 1. The first-order valence-corrected chi connectivity index (χ1v) is 11.8. The van der Waals surface area contributed by atoms with Gasteiger partial charge in [0.1, 0.15) is 11.9 Å². The molecule has 0 radical (unpaired) electrons. The van der Waals surface area contributed by atoms with E-state index in [4.69, 9.17) is 14.9 Å². The van der Waals surface area contributed by atoms with Gasteiger partial charge in [0.25, 0.3) is 5.78 Å². The molecule has 3 aromatic heterocycles. The summed E-state index contributed by atoms with van der Waals surface area (Å²) in [7, 11) is 0. The van der Waals surface area contributed by atoms with E-state index in [0.717, 1.165) is 51.6 Å². The van der Waals surface area contributed by atoms with Crippen LogP contribution < -0.4 is 26.0 Å². The number of aromatic nitrogens is 5. The van der Waals surface area contributed by atoms with E-state index < -0.39 is 0 Å². The Balaban J connectivity index is 0.989. The Morgan fingerprint density at radius 2 is 1.89 bits per heavy atom. The summed E-state index contributed by atoms with van der Waals surface area (Å²) in [5.41, 5.74) is 7.30. The maximum absolute atomic E-state index is 6.06. The van der Waals surface area contributed by atoms with Crippen molar-refractivity contribution in [3.05, 3.63) is 42.7 Å². The van der Waals surface area contributed by atoms with Gasteiger partial charge in [0.2, 0.25) is 17.7 Å². The van der Waals surface area contributed by atoms with Crippen molar-refractivity contribution in [2.45, 2.75) is 6.10 Å². The molecule has 2 aliphatic heterocycles. The van der Waals surface area contributed by atoms with Gasteiger partial charge in [-0.2, -0.15) is 19.5 Å². The topological polar surface area (TPSA) is 135 Å². The molecule has 0 amide bonds. The summed E-state index contributed by atoms with van der Waals surface area (Å²) >= 11 is 0. The van der Waals surface area contributed by atoms with Crippen LogP contribution in [0.3, 0.4) is 0 Å². The summed E-state index contributed by atoms with van der Waals surface area (Å²) in [6, 6.07) is 12.0. The van der Waals surface area contributed by atoms with Crippen LogP contribution in [0.25, 0.3) is 17.4 Å². The second-order valence-electron chi connectivity index (χ2n) is 8.68. The molecule has 1 aromatic carbocycles. The number of rotatable bonds is 8. The van der Waals surface area contributed by atoms with Crippen molar-refractivity contribution in [1.82, 2.24) is 34.8 Å². The number of hydrogen-bond donors (Lipinski definition) is 3. The Kier molecular flexibility index (Phi) is 5.80. The molecule has 4 aromatic rings. The van der Waals surface area contributed by atoms with E-state index in [9.17, 15) is 0 Å². The minimum Gasteiger partial charge on any atom is -0.488 e. The first-order valence-electron chi connectivity index (χ1n) is 11.8. The summed E-state index contributed by atoms with van der Waals surface area (Å²) in [6.07, 6.45) is 1.88. The third-order valence-electron chi connectivity index (χ3n) is 6.31. The standard InChI is InChI=1S/C23H28N10O2/c24-21-28-22(29-23-27-20(30-33(21)23)19-2-1-13-34-19)26-7-8-31-9-11-32(12-10-31)16-3-5-17(6-4-16)35-18-14-25-15-18/h1-6,13,18,25H,7-12,14-15H2,(H3,24,26,27,28,29,30). The normalized spacial score (nSPS) is 17.0. The van der Waals surface area contributed by atoms with E-state index in [2.05, 4.69) is 64.7 Å².